The molecule has 0 bridgehead atoms. The lowest BCUT2D eigenvalue weighted by molar-refractivity contribution is -0.212. The fourth-order valence-electron chi connectivity index (χ4n) is 3.34. The van der Waals surface area contributed by atoms with Gasteiger partial charge >= 0.3 is 12.5 Å². The summed E-state index contributed by atoms with van der Waals surface area (Å²) >= 11 is 0. The van der Waals surface area contributed by atoms with Crippen LogP contribution in [0.15, 0.2) is 47.9 Å². The van der Waals surface area contributed by atoms with E-state index in [-0.39, 0.29) is 44.6 Å². The minimum Gasteiger partial charge on any atom is -0.389 e. The third kappa shape index (κ3) is 5.01. The molecule has 184 valence electrons. The summed E-state index contributed by atoms with van der Waals surface area (Å²) in [5, 5.41) is 13.3. The number of halogens is 6. The van der Waals surface area contributed by atoms with Gasteiger partial charge in [-0.15, -0.1) is 13.2 Å². The van der Waals surface area contributed by atoms with Gasteiger partial charge in [-0.2, -0.15) is 23.0 Å². The highest BCUT2D eigenvalue weighted by atomic mass is 19.4. The number of nitrogens with zero attached hydrogens (tertiary/aromatic N) is 6. The predicted molar refractivity (Wildman–Crippen MR) is 111 cm³/mol. The lowest BCUT2D eigenvalue weighted by Gasteiger charge is -2.18. The Kier molecular flexibility index (Phi) is 5.66. The molecule has 4 heterocycles. The van der Waals surface area contributed by atoms with Crippen molar-refractivity contribution in [1.82, 2.24) is 29.3 Å². The zero-order valence-electron chi connectivity index (χ0n) is 18.1. The second kappa shape index (κ2) is 8.15. The van der Waals surface area contributed by atoms with Gasteiger partial charge in [0.05, 0.1) is 35.8 Å². The van der Waals surface area contributed by atoms with Crippen molar-refractivity contribution in [2.45, 2.75) is 38.5 Å². The van der Waals surface area contributed by atoms with Gasteiger partial charge in [0.15, 0.2) is 0 Å². The minimum absolute atomic E-state index is 0.0200. The van der Waals surface area contributed by atoms with Gasteiger partial charge in [0.25, 0.3) is 5.56 Å². The smallest absolute Gasteiger partial charge is 0.389 e. The first kappa shape index (κ1) is 24.3. The van der Waals surface area contributed by atoms with E-state index in [4.69, 9.17) is 0 Å². The second-order valence-electron chi connectivity index (χ2n) is 8.31. The summed E-state index contributed by atoms with van der Waals surface area (Å²) in [4.78, 5) is 24.9. The number of fused-ring (bicyclic) bond motifs is 1. The van der Waals surface area contributed by atoms with E-state index in [0.29, 0.717) is 6.20 Å². The second-order valence-corrected chi connectivity index (χ2v) is 8.31. The summed E-state index contributed by atoms with van der Waals surface area (Å²) in [5.41, 5.74) is -3.32. The monoisotopic (exact) mass is 498 g/mol. The molecule has 0 amide bonds. The molecule has 0 aliphatic carbocycles. The number of hydrogen-bond donors (Lipinski definition) is 1. The zero-order valence-corrected chi connectivity index (χ0v) is 18.1. The molecule has 0 aromatic carbocycles. The summed E-state index contributed by atoms with van der Waals surface area (Å²) in [5.74, 6) is 0. The van der Waals surface area contributed by atoms with Crippen molar-refractivity contribution in [3.63, 3.8) is 0 Å². The van der Waals surface area contributed by atoms with E-state index < -0.39 is 29.3 Å². The van der Waals surface area contributed by atoms with Crippen LogP contribution >= 0.6 is 0 Å². The number of aliphatic hydroxyl groups is 1. The average Bonchev–Trinajstić information content (AvgIpc) is 3.24. The Morgan fingerprint density at radius 2 is 1.71 bits per heavy atom. The van der Waals surface area contributed by atoms with Gasteiger partial charge in [-0.25, -0.2) is 9.97 Å². The fraction of sp³-hybridized carbons (Fsp3) is 0.286. The molecule has 4 aromatic heterocycles. The van der Waals surface area contributed by atoms with Crippen LogP contribution in [0, 0.1) is 0 Å². The van der Waals surface area contributed by atoms with E-state index in [1.165, 1.54) is 19.9 Å². The molecule has 0 saturated carbocycles. The topological polar surface area (TPSA) is 98.7 Å². The van der Waals surface area contributed by atoms with Crippen molar-refractivity contribution < 1.29 is 31.4 Å². The third-order valence-corrected chi connectivity index (χ3v) is 4.83. The van der Waals surface area contributed by atoms with Crippen LogP contribution in [0.25, 0.3) is 33.4 Å². The highest BCUT2D eigenvalue weighted by Crippen LogP contribution is 2.32. The molecule has 35 heavy (non-hydrogen) atoms. The van der Waals surface area contributed by atoms with Gasteiger partial charge in [-0.05, 0) is 32.0 Å². The van der Waals surface area contributed by atoms with Crippen molar-refractivity contribution in [1.29, 1.82) is 0 Å². The van der Waals surface area contributed by atoms with E-state index in [9.17, 15) is 36.2 Å². The summed E-state index contributed by atoms with van der Waals surface area (Å²) in [6.07, 6.45) is -5.93. The Bertz CT molecular complexity index is 1450. The van der Waals surface area contributed by atoms with E-state index >= 15 is 0 Å². The summed E-state index contributed by atoms with van der Waals surface area (Å²) in [7, 11) is 0. The first-order valence-corrected chi connectivity index (χ1v) is 9.92. The van der Waals surface area contributed by atoms with Crippen LogP contribution in [0.4, 0.5) is 26.3 Å². The van der Waals surface area contributed by atoms with Gasteiger partial charge in [0, 0.05) is 23.5 Å². The van der Waals surface area contributed by atoms with Crippen molar-refractivity contribution >= 4 is 10.9 Å². The Morgan fingerprint density at radius 3 is 2.26 bits per heavy atom. The van der Waals surface area contributed by atoms with Gasteiger partial charge in [0.1, 0.15) is 16.9 Å². The molecule has 0 atom stereocenters. The van der Waals surface area contributed by atoms with Crippen LogP contribution in [-0.2, 0) is 19.0 Å². The highest BCUT2D eigenvalue weighted by molar-refractivity contribution is 5.93. The summed E-state index contributed by atoms with van der Waals surface area (Å²) in [6.45, 7) is 2.79. The highest BCUT2D eigenvalue weighted by Gasteiger charge is 2.33. The molecule has 0 fully saturated rings. The first-order valence-electron chi connectivity index (χ1n) is 9.92. The predicted octanol–water partition coefficient (Wildman–Crippen LogP) is 3.98. The molecule has 14 heteroatoms. The van der Waals surface area contributed by atoms with Gasteiger partial charge < -0.3 is 5.11 Å². The SMILES string of the molecule is CC(C)(O)Cn1cnc2c(-c3cnn(C(F)(F)F)c3)nc(-c3ccc(C(F)(F)F)nc3)cc2c1=O. The van der Waals surface area contributed by atoms with Gasteiger partial charge in [-0.3, -0.25) is 14.3 Å². The van der Waals surface area contributed by atoms with Crippen molar-refractivity contribution in [3.05, 3.63) is 59.2 Å². The third-order valence-electron chi connectivity index (χ3n) is 4.83. The maximum Gasteiger partial charge on any atom is 0.504 e. The number of pyridine rings is 2. The molecular weight excluding hydrogens is 482 g/mol. The molecule has 4 aromatic rings. The maximum absolute atomic E-state index is 13.1. The molecular formula is C21H16F6N6O2. The molecule has 0 unspecified atom stereocenters. The Balaban J connectivity index is 1.96. The Hall–Kier alpha value is -3.81. The van der Waals surface area contributed by atoms with Crippen LogP contribution < -0.4 is 5.56 Å². The normalized spacial score (nSPS) is 12.9. The van der Waals surface area contributed by atoms with Crippen LogP contribution in [0.3, 0.4) is 0 Å². The fourth-order valence-corrected chi connectivity index (χ4v) is 3.34. The molecule has 0 aliphatic heterocycles. The Labute approximate surface area is 192 Å². The van der Waals surface area contributed by atoms with E-state index in [1.807, 2.05) is 0 Å². The molecule has 0 spiro atoms. The van der Waals surface area contributed by atoms with Crippen LogP contribution in [-0.4, -0.2) is 40.0 Å². The molecule has 1 N–H and O–H groups in total. The zero-order chi connectivity index (χ0) is 25.8. The number of hydrogen-bond acceptors (Lipinski definition) is 6. The largest absolute Gasteiger partial charge is 0.504 e. The van der Waals surface area contributed by atoms with Crippen LogP contribution in [0.2, 0.25) is 0 Å². The van der Waals surface area contributed by atoms with Crippen molar-refractivity contribution in [2.24, 2.45) is 0 Å². The first-order chi connectivity index (χ1) is 16.1. The molecule has 0 saturated heterocycles. The Morgan fingerprint density at radius 1 is 1.00 bits per heavy atom. The molecule has 0 aliphatic rings. The van der Waals surface area contributed by atoms with Crippen LogP contribution in [0.1, 0.15) is 19.5 Å². The van der Waals surface area contributed by atoms with Crippen molar-refractivity contribution in [2.75, 3.05) is 0 Å². The lowest BCUT2D eigenvalue weighted by Crippen LogP contribution is -2.33. The standard InChI is InChI=1S/C21H16F6N6O2/c1-19(2,35)9-32-10-29-17-13(18(32)34)5-14(11-3-4-15(28-6-11)20(22,23)24)31-16(17)12-7-30-33(8-12)21(25,26)27/h3-8,10,35H,9H2,1-2H3. The van der Waals surface area contributed by atoms with Crippen molar-refractivity contribution in [3.8, 4) is 22.5 Å². The van der Waals surface area contributed by atoms with Gasteiger partial charge in [0.2, 0.25) is 0 Å². The minimum atomic E-state index is -4.81. The quantitative estimate of drug-likeness (QED) is 0.428. The van der Waals surface area contributed by atoms with E-state index in [0.717, 1.165) is 35.4 Å². The molecule has 0 radical (unpaired) electrons. The number of alkyl halides is 6. The van der Waals surface area contributed by atoms with Crippen LogP contribution in [0.5, 0.6) is 0 Å². The molecule has 8 nitrogen and oxygen atoms in total. The summed E-state index contributed by atoms with van der Waals surface area (Å²) in [6, 6.07) is 3.06. The molecule has 4 rings (SSSR count). The van der Waals surface area contributed by atoms with E-state index in [1.54, 1.807) is 0 Å². The number of aromatic nitrogens is 6. The van der Waals surface area contributed by atoms with Gasteiger partial charge in [-0.1, -0.05) is 0 Å². The maximum atomic E-state index is 13.1. The lowest BCUT2D eigenvalue weighted by atomic mass is 10.1. The number of rotatable bonds is 4. The van der Waals surface area contributed by atoms with E-state index in [2.05, 4.69) is 20.1 Å². The average molecular weight is 498 g/mol. The summed E-state index contributed by atoms with van der Waals surface area (Å²) < 4.78 is 78.8.